The zero-order chi connectivity index (χ0) is 18.4. The van der Waals surface area contributed by atoms with E-state index in [0.717, 1.165) is 0 Å². The molecule has 0 aliphatic heterocycles. The maximum absolute atomic E-state index is 13.2. The van der Waals surface area contributed by atoms with E-state index in [-0.39, 0.29) is 29.7 Å². The van der Waals surface area contributed by atoms with Crippen LogP contribution in [-0.2, 0) is 4.79 Å². The zero-order valence-corrected chi connectivity index (χ0v) is 14.2. The summed E-state index contributed by atoms with van der Waals surface area (Å²) in [5, 5.41) is 12.8. The highest BCUT2D eigenvalue weighted by atomic mass is 19.1. The van der Waals surface area contributed by atoms with Crippen molar-refractivity contribution in [1.29, 1.82) is 0 Å². The van der Waals surface area contributed by atoms with Crippen LogP contribution in [0.25, 0.3) is 0 Å². The number of benzene rings is 1. The normalized spacial score (nSPS) is 14.6. The van der Waals surface area contributed by atoms with Crippen LogP contribution in [0.4, 0.5) is 4.39 Å². The highest BCUT2D eigenvalue weighted by molar-refractivity contribution is 5.99. The van der Waals surface area contributed by atoms with Gasteiger partial charge in [0.25, 0.3) is 0 Å². The van der Waals surface area contributed by atoms with Gasteiger partial charge in [0, 0.05) is 30.4 Å². The second kappa shape index (κ2) is 8.58. The average Bonchev–Trinajstić information content (AvgIpc) is 3.08. The molecule has 134 valence electrons. The molecule has 0 saturated heterocycles. The van der Waals surface area contributed by atoms with E-state index in [1.807, 2.05) is 0 Å². The van der Waals surface area contributed by atoms with Gasteiger partial charge < -0.3 is 14.8 Å². The number of amides is 1. The van der Waals surface area contributed by atoms with Crippen LogP contribution in [-0.4, -0.2) is 22.8 Å². The van der Waals surface area contributed by atoms with Gasteiger partial charge in [-0.25, -0.2) is 4.39 Å². The lowest BCUT2D eigenvalue weighted by Gasteiger charge is -2.18. The quantitative estimate of drug-likeness (QED) is 0.719. The van der Waals surface area contributed by atoms with Gasteiger partial charge in [-0.1, -0.05) is 19.1 Å². The Morgan fingerprint density at radius 1 is 1.24 bits per heavy atom. The van der Waals surface area contributed by atoms with Crippen LogP contribution < -0.4 is 5.32 Å². The number of Topliss-reactive ketones (excluding diaryl/α,β-unsaturated/α-hetero) is 1. The minimum Gasteiger partial charge on any atom is -0.467 e. The second-order valence-electron chi connectivity index (χ2n) is 6.22. The third kappa shape index (κ3) is 5.53. The summed E-state index contributed by atoms with van der Waals surface area (Å²) in [5.41, 5.74) is 0.251. The van der Waals surface area contributed by atoms with Crippen molar-refractivity contribution in [1.82, 2.24) is 5.32 Å². The van der Waals surface area contributed by atoms with Gasteiger partial charge in [-0.2, -0.15) is 0 Å². The van der Waals surface area contributed by atoms with Crippen LogP contribution in [0.1, 0.15) is 48.9 Å². The largest absolute Gasteiger partial charge is 0.467 e. The molecule has 0 radical (unpaired) electrons. The highest BCUT2D eigenvalue weighted by Crippen LogP contribution is 2.19. The molecular formula is C19H22FNO4. The molecule has 3 unspecified atom stereocenters. The summed E-state index contributed by atoms with van der Waals surface area (Å²) in [5.74, 6) is -1.18. The van der Waals surface area contributed by atoms with Crippen molar-refractivity contribution in [2.45, 2.75) is 38.8 Å². The monoisotopic (exact) mass is 347 g/mol. The molecule has 0 aliphatic carbocycles. The molecule has 1 amide bonds. The van der Waals surface area contributed by atoms with Crippen molar-refractivity contribution in [2.75, 3.05) is 0 Å². The number of hydrogen-bond donors (Lipinski definition) is 2. The number of aliphatic hydroxyl groups is 1. The first-order valence-corrected chi connectivity index (χ1v) is 8.17. The fraction of sp³-hybridized carbons (Fsp3) is 0.368. The van der Waals surface area contributed by atoms with Crippen molar-refractivity contribution in [2.24, 2.45) is 5.92 Å². The molecular weight excluding hydrogens is 325 g/mol. The molecule has 1 aromatic heterocycles. The number of nitrogens with one attached hydrogen (secondary N) is 1. The number of ketones is 1. The Hall–Kier alpha value is -2.47. The molecule has 1 heterocycles. The summed E-state index contributed by atoms with van der Waals surface area (Å²) in [6.45, 7) is 3.40. The Kier molecular flexibility index (Phi) is 6.47. The Morgan fingerprint density at radius 2 is 2.00 bits per heavy atom. The second-order valence-corrected chi connectivity index (χ2v) is 6.22. The smallest absolute Gasteiger partial charge is 0.220 e. The van der Waals surface area contributed by atoms with E-state index >= 15 is 0 Å². The Labute approximate surface area is 145 Å². The molecule has 25 heavy (non-hydrogen) atoms. The number of hydrogen-bond acceptors (Lipinski definition) is 4. The van der Waals surface area contributed by atoms with E-state index in [2.05, 4.69) is 5.32 Å². The number of carbonyl (C=O) groups is 2. The van der Waals surface area contributed by atoms with E-state index in [0.29, 0.717) is 12.2 Å². The highest BCUT2D eigenvalue weighted by Gasteiger charge is 2.21. The summed E-state index contributed by atoms with van der Waals surface area (Å²) in [7, 11) is 0. The Balaban J connectivity index is 1.83. The van der Waals surface area contributed by atoms with Gasteiger partial charge in [-0.15, -0.1) is 0 Å². The first-order valence-electron chi connectivity index (χ1n) is 8.17. The molecule has 2 rings (SSSR count). The van der Waals surface area contributed by atoms with Crippen molar-refractivity contribution in [3.63, 3.8) is 0 Å². The first-order chi connectivity index (χ1) is 11.9. The van der Waals surface area contributed by atoms with Crippen LogP contribution in [0.2, 0.25) is 0 Å². The van der Waals surface area contributed by atoms with Crippen LogP contribution in [0.15, 0.2) is 47.1 Å². The van der Waals surface area contributed by atoms with Crippen molar-refractivity contribution >= 4 is 11.7 Å². The van der Waals surface area contributed by atoms with Gasteiger partial charge in [0.2, 0.25) is 5.91 Å². The summed E-state index contributed by atoms with van der Waals surface area (Å²) in [6.07, 6.45) is 0.959. The number of carbonyl (C=O) groups excluding carboxylic acids is 2. The van der Waals surface area contributed by atoms with Gasteiger partial charge >= 0.3 is 0 Å². The van der Waals surface area contributed by atoms with Crippen LogP contribution in [0.3, 0.4) is 0 Å². The van der Waals surface area contributed by atoms with Gasteiger partial charge in [0.15, 0.2) is 5.78 Å². The van der Waals surface area contributed by atoms with Gasteiger partial charge in [0.1, 0.15) is 17.7 Å². The third-order valence-corrected chi connectivity index (χ3v) is 3.90. The molecule has 2 aromatic rings. The number of aliphatic hydroxyl groups excluding tert-OH is 1. The molecule has 0 bridgehead atoms. The van der Waals surface area contributed by atoms with Crippen LogP contribution in [0.5, 0.6) is 0 Å². The lowest BCUT2D eigenvalue weighted by Crippen LogP contribution is -2.35. The number of halogens is 1. The third-order valence-electron chi connectivity index (χ3n) is 3.90. The molecule has 6 heteroatoms. The molecule has 0 aliphatic rings. The fourth-order valence-corrected chi connectivity index (χ4v) is 2.62. The summed E-state index contributed by atoms with van der Waals surface area (Å²) in [4.78, 5) is 24.3. The van der Waals surface area contributed by atoms with E-state index in [4.69, 9.17) is 4.42 Å². The topological polar surface area (TPSA) is 79.5 Å². The summed E-state index contributed by atoms with van der Waals surface area (Å²) in [6, 6.07) is 8.49. The van der Waals surface area contributed by atoms with Gasteiger partial charge in [-0.05, 0) is 31.2 Å². The van der Waals surface area contributed by atoms with Crippen LogP contribution >= 0.6 is 0 Å². The molecule has 0 saturated carbocycles. The minimum absolute atomic E-state index is 0.00344. The van der Waals surface area contributed by atoms with Crippen molar-refractivity contribution in [3.8, 4) is 0 Å². The molecule has 0 spiro atoms. The standard InChI is InChI=1S/C19H22FNO4/c1-12(19(24)14-5-3-6-15(20)11-14)9-18(23)21-13(2)10-16(22)17-7-4-8-25-17/h3-8,11-13,16,22H,9-10H2,1-2H3,(H,21,23). The number of rotatable bonds is 8. The maximum atomic E-state index is 13.2. The Bertz CT molecular complexity index is 714. The van der Waals surface area contributed by atoms with E-state index in [1.54, 1.807) is 26.0 Å². The molecule has 0 fully saturated rings. The first kappa shape index (κ1) is 18.9. The van der Waals surface area contributed by atoms with E-state index < -0.39 is 17.8 Å². The van der Waals surface area contributed by atoms with E-state index in [9.17, 15) is 19.1 Å². The van der Waals surface area contributed by atoms with Crippen molar-refractivity contribution < 1.29 is 23.5 Å². The lowest BCUT2D eigenvalue weighted by atomic mass is 9.96. The molecule has 1 aromatic carbocycles. The van der Waals surface area contributed by atoms with E-state index in [1.165, 1.54) is 30.5 Å². The van der Waals surface area contributed by atoms with Gasteiger partial charge in [-0.3, -0.25) is 9.59 Å². The average molecular weight is 347 g/mol. The van der Waals surface area contributed by atoms with Crippen molar-refractivity contribution in [3.05, 3.63) is 59.8 Å². The lowest BCUT2D eigenvalue weighted by molar-refractivity contribution is -0.122. The number of furan rings is 1. The zero-order valence-electron chi connectivity index (χ0n) is 14.2. The molecule has 3 atom stereocenters. The summed E-state index contributed by atoms with van der Waals surface area (Å²) >= 11 is 0. The Morgan fingerprint density at radius 3 is 2.64 bits per heavy atom. The molecule has 2 N–H and O–H groups in total. The predicted octanol–water partition coefficient (Wildman–Crippen LogP) is 3.26. The fourth-order valence-electron chi connectivity index (χ4n) is 2.62. The SMILES string of the molecule is CC(CC(O)c1ccco1)NC(=O)CC(C)C(=O)c1cccc(F)c1. The predicted molar refractivity (Wildman–Crippen MR) is 90.4 cm³/mol. The minimum atomic E-state index is -0.809. The maximum Gasteiger partial charge on any atom is 0.220 e. The summed E-state index contributed by atoms with van der Waals surface area (Å²) < 4.78 is 18.3. The van der Waals surface area contributed by atoms with Gasteiger partial charge in [0.05, 0.1) is 6.26 Å². The van der Waals surface area contributed by atoms with Crippen LogP contribution in [0, 0.1) is 11.7 Å². The molecule has 5 nitrogen and oxygen atoms in total.